The Kier molecular flexibility index (Phi) is 3.36. The van der Waals surface area contributed by atoms with Crippen molar-refractivity contribution >= 4 is 34.2 Å². The van der Waals surface area contributed by atoms with E-state index in [2.05, 4.69) is 27.4 Å². The van der Waals surface area contributed by atoms with Crippen LogP contribution < -0.4 is 5.48 Å². The quantitative estimate of drug-likeness (QED) is 0.343. The first kappa shape index (κ1) is 13.0. The highest BCUT2D eigenvalue weighted by Crippen LogP contribution is 2.30. The minimum absolute atomic E-state index is 0.161. The van der Waals surface area contributed by atoms with Crippen molar-refractivity contribution in [2.45, 2.75) is 25.3 Å². The van der Waals surface area contributed by atoms with Crippen LogP contribution >= 0.6 is 12.2 Å². The van der Waals surface area contributed by atoms with Crippen LogP contribution in [0.15, 0.2) is 23.2 Å². The molecule has 2 aromatic rings. The summed E-state index contributed by atoms with van der Waals surface area (Å²) in [4.78, 5) is 19.1. The van der Waals surface area contributed by atoms with Gasteiger partial charge in [0.15, 0.2) is 0 Å². The standard InChI is InChI=1S/C14H13N3O2S/c18-14(17-19)8-1-3-12-10(5-8)11-6-9(15-7-20)2-4-13(11)16-12/h1,3,5,9,16,19H,2,4,6H2,(H,17,18). The van der Waals surface area contributed by atoms with E-state index in [0.29, 0.717) is 5.56 Å². The molecule has 1 unspecified atom stereocenters. The van der Waals surface area contributed by atoms with Crippen molar-refractivity contribution in [2.24, 2.45) is 4.99 Å². The van der Waals surface area contributed by atoms with Crippen LogP contribution in [0.3, 0.4) is 0 Å². The molecule has 0 radical (unpaired) electrons. The minimum atomic E-state index is -0.508. The fourth-order valence-electron chi connectivity index (χ4n) is 2.79. The van der Waals surface area contributed by atoms with Crippen molar-refractivity contribution < 1.29 is 10.0 Å². The summed E-state index contributed by atoms with van der Waals surface area (Å²) in [6.07, 6.45) is 2.66. The van der Waals surface area contributed by atoms with Gasteiger partial charge in [-0.05, 0) is 55.2 Å². The first-order valence-electron chi connectivity index (χ1n) is 6.38. The number of hydroxylamine groups is 1. The maximum absolute atomic E-state index is 11.5. The molecule has 6 heteroatoms. The Morgan fingerprint density at radius 2 is 2.40 bits per heavy atom. The summed E-state index contributed by atoms with van der Waals surface area (Å²) in [5.41, 5.74) is 5.46. The molecule has 0 saturated heterocycles. The Morgan fingerprint density at radius 1 is 1.55 bits per heavy atom. The van der Waals surface area contributed by atoms with Crippen LogP contribution in [0.2, 0.25) is 0 Å². The van der Waals surface area contributed by atoms with Crippen LogP contribution in [0.5, 0.6) is 0 Å². The Hall–Kier alpha value is -2.01. The summed E-state index contributed by atoms with van der Waals surface area (Å²) in [5.74, 6) is -0.508. The van der Waals surface area contributed by atoms with Crippen LogP contribution in [-0.2, 0) is 12.8 Å². The SMILES string of the molecule is O=C(NO)c1ccc2[nH]c3c(c2c1)CC(N=C=S)CC3. The number of aromatic amines is 1. The molecule has 3 N–H and O–H groups in total. The smallest absolute Gasteiger partial charge is 0.274 e. The lowest BCUT2D eigenvalue weighted by atomic mass is 9.91. The fourth-order valence-corrected chi connectivity index (χ4v) is 2.94. The number of hydrogen-bond donors (Lipinski definition) is 3. The highest BCUT2D eigenvalue weighted by atomic mass is 32.1. The second-order valence-electron chi connectivity index (χ2n) is 4.90. The number of H-pyrrole nitrogens is 1. The van der Waals surface area contributed by atoms with E-state index in [-0.39, 0.29) is 6.04 Å². The average molecular weight is 287 g/mol. The molecule has 0 bridgehead atoms. The van der Waals surface area contributed by atoms with Gasteiger partial charge in [-0.1, -0.05) is 0 Å². The molecule has 1 aromatic heterocycles. The predicted octanol–water partition coefficient (Wildman–Crippen LogP) is 2.25. The number of aliphatic imine (C=N–C) groups is 1. The molecule has 20 heavy (non-hydrogen) atoms. The first-order valence-corrected chi connectivity index (χ1v) is 6.78. The molecule has 102 valence electrons. The number of thiocarbonyl (C=S) groups is 1. The van der Waals surface area contributed by atoms with E-state index < -0.39 is 5.91 Å². The maximum atomic E-state index is 11.5. The fraction of sp³-hybridized carbons (Fsp3) is 0.286. The Balaban J connectivity index is 2.08. The van der Waals surface area contributed by atoms with Crippen molar-refractivity contribution in [3.8, 4) is 0 Å². The number of aryl methyl sites for hydroxylation is 1. The number of nitrogens with one attached hydrogen (secondary N) is 2. The van der Waals surface area contributed by atoms with Crippen LogP contribution in [0, 0.1) is 0 Å². The van der Waals surface area contributed by atoms with Gasteiger partial charge in [-0.15, -0.1) is 0 Å². The number of benzene rings is 1. The van der Waals surface area contributed by atoms with E-state index >= 15 is 0 Å². The number of carbonyl (C=O) groups is 1. The molecule has 0 aliphatic heterocycles. The van der Waals surface area contributed by atoms with Crippen LogP contribution in [0.25, 0.3) is 10.9 Å². The molecule has 1 atom stereocenters. The summed E-state index contributed by atoms with van der Waals surface area (Å²) >= 11 is 4.67. The van der Waals surface area contributed by atoms with Gasteiger partial charge in [0.25, 0.3) is 5.91 Å². The Morgan fingerprint density at radius 3 is 3.15 bits per heavy atom. The van der Waals surface area contributed by atoms with Gasteiger partial charge in [-0.25, -0.2) is 10.5 Å². The van der Waals surface area contributed by atoms with Gasteiger partial charge in [0.2, 0.25) is 0 Å². The summed E-state index contributed by atoms with van der Waals surface area (Å²) < 4.78 is 0. The van der Waals surface area contributed by atoms with Gasteiger partial charge in [-0.2, -0.15) is 0 Å². The molecule has 0 spiro atoms. The molecule has 3 rings (SSSR count). The highest BCUT2D eigenvalue weighted by Gasteiger charge is 2.22. The molecule has 0 fully saturated rings. The van der Waals surface area contributed by atoms with Gasteiger partial charge in [0.05, 0.1) is 11.2 Å². The summed E-state index contributed by atoms with van der Waals surface area (Å²) in [6.45, 7) is 0. The van der Waals surface area contributed by atoms with Crippen LogP contribution in [0.4, 0.5) is 0 Å². The Bertz CT molecular complexity index is 731. The predicted molar refractivity (Wildman–Crippen MR) is 78.4 cm³/mol. The van der Waals surface area contributed by atoms with Gasteiger partial charge in [0, 0.05) is 22.2 Å². The molecule has 1 aromatic carbocycles. The van der Waals surface area contributed by atoms with Gasteiger partial charge in [0.1, 0.15) is 0 Å². The molecule has 1 aliphatic carbocycles. The number of aromatic nitrogens is 1. The monoisotopic (exact) mass is 287 g/mol. The molecule has 0 saturated carbocycles. The van der Waals surface area contributed by atoms with Gasteiger partial charge < -0.3 is 4.98 Å². The third kappa shape index (κ3) is 2.14. The third-order valence-corrected chi connectivity index (χ3v) is 3.87. The zero-order valence-corrected chi connectivity index (χ0v) is 11.5. The minimum Gasteiger partial charge on any atom is -0.358 e. The summed E-state index contributed by atoms with van der Waals surface area (Å²) in [6, 6.07) is 5.49. The van der Waals surface area contributed by atoms with E-state index in [1.165, 1.54) is 11.3 Å². The van der Waals surface area contributed by atoms with Crippen molar-refractivity contribution in [3.63, 3.8) is 0 Å². The molecular weight excluding hydrogens is 274 g/mol. The number of fused-ring (bicyclic) bond motifs is 3. The lowest BCUT2D eigenvalue weighted by Crippen LogP contribution is -2.18. The molecular formula is C14H13N3O2S. The lowest BCUT2D eigenvalue weighted by Gasteiger charge is -2.17. The molecule has 1 aliphatic rings. The van der Waals surface area contributed by atoms with E-state index in [0.717, 1.165) is 30.2 Å². The Labute approximate surface area is 120 Å². The largest absolute Gasteiger partial charge is 0.358 e. The van der Waals surface area contributed by atoms with Crippen molar-refractivity contribution in [2.75, 3.05) is 0 Å². The number of hydrogen-bond acceptors (Lipinski definition) is 4. The summed E-state index contributed by atoms with van der Waals surface area (Å²) in [5, 5.41) is 12.2. The second-order valence-corrected chi connectivity index (χ2v) is 5.08. The molecule has 5 nitrogen and oxygen atoms in total. The van der Waals surface area contributed by atoms with Crippen LogP contribution in [0.1, 0.15) is 28.0 Å². The van der Waals surface area contributed by atoms with E-state index in [1.807, 2.05) is 6.07 Å². The van der Waals surface area contributed by atoms with Gasteiger partial charge >= 0.3 is 0 Å². The van der Waals surface area contributed by atoms with Crippen LogP contribution in [-0.4, -0.2) is 27.3 Å². The second kappa shape index (κ2) is 5.17. The number of carbonyl (C=O) groups excluding carboxylic acids is 1. The highest BCUT2D eigenvalue weighted by molar-refractivity contribution is 7.78. The number of nitrogens with zero attached hydrogens (tertiary/aromatic N) is 1. The van der Waals surface area contributed by atoms with E-state index in [4.69, 9.17) is 5.21 Å². The first-order chi connectivity index (χ1) is 9.72. The van der Waals surface area contributed by atoms with Crippen molar-refractivity contribution in [3.05, 3.63) is 35.0 Å². The maximum Gasteiger partial charge on any atom is 0.274 e. The average Bonchev–Trinajstić information content (AvgIpc) is 2.84. The topological polar surface area (TPSA) is 77.5 Å². The van der Waals surface area contributed by atoms with Crippen molar-refractivity contribution in [1.82, 2.24) is 10.5 Å². The number of rotatable bonds is 2. The summed E-state index contributed by atoms with van der Waals surface area (Å²) in [7, 11) is 0. The lowest BCUT2D eigenvalue weighted by molar-refractivity contribution is 0.0706. The van der Waals surface area contributed by atoms with E-state index in [9.17, 15) is 4.79 Å². The molecule has 1 amide bonds. The third-order valence-electron chi connectivity index (χ3n) is 3.76. The van der Waals surface area contributed by atoms with Crippen molar-refractivity contribution in [1.29, 1.82) is 0 Å². The zero-order chi connectivity index (χ0) is 14.1. The van der Waals surface area contributed by atoms with E-state index in [1.54, 1.807) is 17.6 Å². The number of amides is 1. The molecule has 1 heterocycles. The van der Waals surface area contributed by atoms with Gasteiger partial charge in [-0.3, -0.25) is 10.0 Å². The number of isothiocyanates is 1. The zero-order valence-electron chi connectivity index (χ0n) is 10.6. The normalized spacial score (nSPS) is 17.4.